The molecule has 0 saturated heterocycles. The molecule has 0 fully saturated rings. The normalized spacial score (nSPS) is 10.3. The fraction of sp³-hybridized carbons (Fsp3) is 0. The first-order valence-corrected chi connectivity index (χ1v) is 6.13. The van der Waals surface area contributed by atoms with Crippen molar-refractivity contribution in [1.82, 2.24) is 19.7 Å². The van der Waals surface area contributed by atoms with Crippen LogP contribution in [0.1, 0.15) is 10.4 Å². The number of hydrogen-bond donors (Lipinski definition) is 2. The Kier molecular flexibility index (Phi) is 3.30. The van der Waals surface area contributed by atoms with Crippen LogP contribution in [-0.2, 0) is 0 Å². The molecule has 7 heteroatoms. The van der Waals surface area contributed by atoms with E-state index >= 15 is 0 Å². The summed E-state index contributed by atoms with van der Waals surface area (Å²) in [4.78, 5) is 19.8. The summed E-state index contributed by atoms with van der Waals surface area (Å²) in [6.07, 6.45) is 5.60. The van der Waals surface area contributed by atoms with E-state index in [2.05, 4.69) is 20.4 Å². The molecule has 104 valence electrons. The van der Waals surface area contributed by atoms with Gasteiger partial charge in [-0.2, -0.15) is 5.10 Å². The summed E-state index contributed by atoms with van der Waals surface area (Å²) in [5, 5.41) is 16.2. The molecule has 0 radical (unpaired) electrons. The summed E-state index contributed by atoms with van der Waals surface area (Å²) in [7, 11) is 0. The first-order valence-electron chi connectivity index (χ1n) is 6.13. The molecule has 1 amide bonds. The van der Waals surface area contributed by atoms with Gasteiger partial charge in [0.25, 0.3) is 5.91 Å². The molecule has 0 bridgehead atoms. The Morgan fingerprint density at radius 3 is 2.81 bits per heavy atom. The van der Waals surface area contributed by atoms with E-state index in [1.54, 1.807) is 23.1 Å². The summed E-state index contributed by atoms with van der Waals surface area (Å²) in [6, 6.07) is 8.55. The third kappa shape index (κ3) is 2.71. The predicted octanol–water partition coefficient (Wildman–Crippen LogP) is 1.62. The molecule has 2 N–H and O–H groups in total. The molecular formula is C14H11N5O2. The molecule has 0 aliphatic carbocycles. The molecule has 21 heavy (non-hydrogen) atoms. The van der Waals surface area contributed by atoms with Gasteiger partial charge in [0.2, 0.25) is 0 Å². The lowest BCUT2D eigenvalue weighted by Crippen LogP contribution is -2.14. The minimum absolute atomic E-state index is 0.0628. The quantitative estimate of drug-likeness (QED) is 0.761. The van der Waals surface area contributed by atoms with Crippen molar-refractivity contribution in [1.29, 1.82) is 0 Å². The highest BCUT2D eigenvalue weighted by Crippen LogP contribution is 2.20. The minimum atomic E-state index is -0.369. The molecule has 0 unspecified atom stereocenters. The van der Waals surface area contributed by atoms with E-state index in [-0.39, 0.29) is 17.2 Å². The second-order valence-electron chi connectivity index (χ2n) is 4.24. The van der Waals surface area contributed by atoms with Crippen molar-refractivity contribution in [3.8, 4) is 11.4 Å². The number of amides is 1. The van der Waals surface area contributed by atoms with Crippen LogP contribution in [0.15, 0.2) is 55.4 Å². The van der Waals surface area contributed by atoms with Crippen LogP contribution in [0.25, 0.3) is 5.69 Å². The number of rotatable bonds is 3. The SMILES string of the molecule is O=C(Nc1ccccc1-n1cncn1)c1cncc(O)c1. The number of benzene rings is 1. The minimum Gasteiger partial charge on any atom is -0.506 e. The molecule has 2 heterocycles. The van der Waals surface area contributed by atoms with Crippen molar-refractivity contribution in [3.05, 3.63) is 60.9 Å². The molecule has 1 aromatic carbocycles. The fourth-order valence-electron chi connectivity index (χ4n) is 1.86. The molecule has 3 rings (SSSR count). The van der Waals surface area contributed by atoms with Crippen molar-refractivity contribution in [3.63, 3.8) is 0 Å². The predicted molar refractivity (Wildman–Crippen MR) is 75.2 cm³/mol. The van der Waals surface area contributed by atoms with Crippen molar-refractivity contribution >= 4 is 11.6 Å². The summed E-state index contributed by atoms with van der Waals surface area (Å²) in [6.45, 7) is 0. The van der Waals surface area contributed by atoms with Crippen LogP contribution < -0.4 is 5.32 Å². The number of pyridine rings is 1. The second-order valence-corrected chi connectivity index (χ2v) is 4.24. The third-order valence-corrected chi connectivity index (χ3v) is 2.80. The van der Waals surface area contributed by atoms with Gasteiger partial charge in [0.05, 0.1) is 23.1 Å². The van der Waals surface area contributed by atoms with Gasteiger partial charge in [-0.3, -0.25) is 9.78 Å². The van der Waals surface area contributed by atoms with E-state index in [0.717, 1.165) is 0 Å². The number of carbonyl (C=O) groups is 1. The van der Waals surface area contributed by atoms with Crippen molar-refractivity contribution in [2.45, 2.75) is 0 Å². The Balaban J connectivity index is 1.90. The van der Waals surface area contributed by atoms with Crippen LogP contribution in [0.2, 0.25) is 0 Å². The average Bonchev–Trinajstić information content (AvgIpc) is 3.02. The van der Waals surface area contributed by atoms with Crippen LogP contribution in [0, 0.1) is 0 Å². The average molecular weight is 281 g/mol. The van der Waals surface area contributed by atoms with Gasteiger partial charge in [-0.15, -0.1) is 0 Å². The smallest absolute Gasteiger partial charge is 0.257 e. The molecule has 0 atom stereocenters. The zero-order valence-corrected chi connectivity index (χ0v) is 10.8. The fourth-order valence-corrected chi connectivity index (χ4v) is 1.86. The highest BCUT2D eigenvalue weighted by Gasteiger charge is 2.11. The standard InChI is InChI=1S/C14H11N5O2/c20-11-5-10(6-15-7-11)14(21)18-12-3-1-2-4-13(12)19-9-16-8-17-19/h1-9,20H,(H,18,21). The largest absolute Gasteiger partial charge is 0.506 e. The van der Waals surface area contributed by atoms with Gasteiger partial charge in [0.1, 0.15) is 18.4 Å². The van der Waals surface area contributed by atoms with E-state index in [0.29, 0.717) is 11.4 Å². The van der Waals surface area contributed by atoms with Gasteiger partial charge in [-0.1, -0.05) is 12.1 Å². The molecule has 3 aromatic rings. The lowest BCUT2D eigenvalue weighted by molar-refractivity contribution is 0.102. The molecule has 0 saturated carbocycles. The Morgan fingerprint density at radius 2 is 2.05 bits per heavy atom. The third-order valence-electron chi connectivity index (χ3n) is 2.80. The number of nitrogens with zero attached hydrogens (tertiary/aromatic N) is 4. The van der Waals surface area contributed by atoms with E-state index in [4.69, 9.17) is 0 Å². The number of hydrogen-bond acceptors (Lipinski definition) is 5. The lowest BCUT2D eigenvalue weighted by Gasteiger charge is -2.10. The van der Waals surface area contributed by atoms with Crippen LogP contribution in [-0.4, -0.2) is 30.8 Å². The maximum absolute atomic E-state index is 12.2. The maximum Gasteiger partial charge on any atom is 0.257 e. The van der Waals surface area contributed by atoms with E-state index < -0.39 is 0 Å². The van der Waals surface area contributed by atoms with Crippen molar-refractivity contribution in [2.75, 3.05) is 5.32 Å². The number of aromatic hydroxyl groups is 1. The molecule has 2 aromatic heterocycles. The van der Waals surface area contributed by atoms with Gasteiger partial charge in [0, 0.05) is 6.20 Å². The van der Waals surface area contributed by atoms with Crippen LogP contribution in [0.3, 0.4) is 0 Å². The number of aromatic nitrogens is 4. The summed E-state index contributed by atoms with van der Waals surface area (Å²) in [5.74, 6) is -0.432. The zero-order valence-electron chi connectivity index (χ0n) is 10.8. The zero-order chi connectivity index (χ0) is 14.7. The topological polar surface area (TPSA) is 92.9 Å². The van der Waals surface area contributed by atoms with Gasteiger partial charge < -0.3 is 10.4 Å². The van der Waals surface area contributed by atoms with Crippen molar-refractivity contribution in [2.24, 2.45) is 0 Å². The van der Waals surface area contributed by atoms with Crippen LogP contribution in [0.4, 0.5) is 5.69 Å². The Bertz CT molecular complexity index is 771. The number of nitrogens with one attached hydrogen (secondary N) is 1. The van der Waals surface area contributed by atoms with E-state index in [1.165, 1.54) is 24.8 Å². The monoisotopic (exact) mass is 281 g/mol. The molecule has 0 aliphatic rings. The van der Waals surface area contributed by atoms with E-state index in [9.17, 15) is 9.90 Å². The highest BCUT2D eigenvalue weighted by atomic mass is 16.3. The van der Waals surface area contributed by atoms with Gasteiger partial charge in [0.15, 0.2) is 0 Å². The first-order chi connectivity index (χ1) is 10.2. The van der Waals surface area contributed by atoms with Crippen molar-refractivity contribution < 1.29 is 9.90 Å². The molecular weight excluding hydrogens is 270 g/mol. The van der Waals surface area contributed by atoms with Crippen LogP contribution >= 0.6 is 0 Å². The number of para-hydroxylation sites is 2. The summed E-state index contributed by atoms with van der Waals surface area (Å²) < 4.78 is 1.55. The Hall–Kier alpha value is -3.22. The lowest BCUT2D eigenvalue weighted by atomic mass is 10.2. The number of carbonyl (C=O) groups excluding carboxylic acids is 1. The summed E-state index contributed by atoms with van der Waals surface area (Å²) >= 11 is 0. The Labute approximate surface area is 119 Å². The molecule has 0 aliphatic heterocycles. The first kappa shape index (κ1) is 12.8. The molecule has 7 nitrogen and oxygen atoms in total. The summed E-state index contributed by atoms with van der Waals surface area (Å²) in [5.41, 5.74) is 1.54. The van der Waals surface area contributed by atoms with Gasteiger partial charge >= 0.3 is 0 Å². The second kappa shape index (κ2) is 5.41. The number of anilines is 1. The van der Waals surface area contributed by atoms with Crippen LogP contribution in [0.5, 0.6) is 5.75 Å². The Morgan fingerprint density at radius 1 is 1.19 bits per heavy atom. The van der Waals surface area contributed by atoms with E-state index in [1.807, 2.05) is 12.1 Å². The maximum atomic E-state index is 12.2. The highest BCUT2D eigenvalue weighted by molar-refractivity contribution is 6.05. The van der Waals surface area contributed by atoms with Gasteiger partial charge in [-0.05, 0) is 18.2 Å². The molecule has 0 spiro atoms. The van der Waals surface area contributed by atoms with Gasteiger partial charge in [-0.25, -0.2) is 9.67 Å².